The molecule has 1 aliphatic heterocycles. The van der Waals surface area contributed by atoms with E-state index in [2.05, 4.69) is 19.7 Å². The third-order valence-electron chi connectivity index (χ3n) is 5.74. The molecular formula is C22H27N5O6S2. The summed E-state index contributed by atoms with van der Waals surface area (Å²) in [5.41, 5.74) is 2.97. The number of pyridine rings is 1. The second-order valence-corrected chi connectivity index (χ2v) is 12.2. The molecule has 13 heteroatoms. The molecule has 11 nitrogen and oxygen atoms in total. The minimum atomic E-state index is -3.55. The molecule has 0 spiro atoms. The van der Waals surface area contributed by atoms with Gasteiger partial charge in [0.15, 0.2) is 0 Å². The number of sulfonamides is 2. The van der Waals surface area contributed by atoms with E-state index >= 15 is 0 Å². The number of ether oxygens (including phenoxy) is 2. The molecule has 1 aromatic carbocycles. The van der Waals surface area contributed by atoms with Crippen LogP contribution in [0.25, 0.3) is 22.0 Å². The lowest BCUT2D eigenvalue weighted by molar-refractivity contribution is 0.137. The highest BCUT2D eigenvalue weighted by Crippen LogP contribution is 2.36. The number of nitrogens with one attached hydrogen (secondary N) is 1. The fourth-order valence-corrected chi connectivity index (χ4v) is 5.44. The number of piperidine rings is 1. The number of aryl methyl sites for hydroxylation is 1. The number of aromatic nitrogens is 3. The first kappa shape index (κ1) is 25.1. The summed E-state index contributed by atoms with van der Waals surface area (Å²) < 4.78 is 62.7. The molecule has 3 aromatic rings. The van der Waals surface area contributed by atoms with Crippen molar-refractivity contribution in [2.45, 2.75) is 25.9 Å². The predicted molar refractivity (Wildman–Crippen MR) is 133 cm³/mol. The molecule has 0 bridgehead atoms. The normalized spacial score (nSPS) is 15.8. The topological polar surface area (TPSA) is 141 Å². The van der Waals surface area contributed by atoms with Gasteiger partial charge in [-0.3, -0.25) is 4.72 Å². The smallest absolute Gasteiger partial charge is 0.238 e. The van der Waals surface area contributed by atoms with Crippen LogP contribution in [-0.4, -0.2) is 74.9 Å². The molecule has 35 heavy (non-hydrogen) atoms. The van der Waals surface area contributed by atoms with Crippen LogP contribution >= 0.6 is 0 Å². The number of rotatable bonds is 7. The van der Waals surface area contributed by atoms with E-state index in [1.165, 1.54) is 24.0 Å². The number of benzene rings is 1. The van der Waals surface area contributed by atoms with E-state index in [1.54, 1.807) is 12.3 Å². The Kier molecular flexibility index (Phi) is 6.84. The summed E-state index contributed by atoms with van der Waals surface area (Å²) in [6, 6.07) is 5.37. The number of methoxy groups -OCH3 is 1. The summed E-state index contributed by atoms with van der Waals surface area (Å²) in [6.07, 6.45) is 6.24. The van der Waals surface area contributed by atoms with Gasteiger partial charge in [0.2, 0.25) is 25.9 Å². The number of hydrogen-bond acceptors (Lipinski definition) is 9. The monoisotopic (exact) mass is 521 g/mol. The van der Waals surface area contributed by atoms with E-state index < -0.39 is 20.0 Å². The van der Waals surface area contributed by atoms with Crippen molar-refractivity contribution in [3.63, 3.8) is 0 Å². The SMILES string of the molecule is COc1ncc(-c2cc(OC3CCN(S(C)(=O)=O)CC3)c3ncnc(C)c3c2)cc1NS(C)(=O)=O. The predicted octanol–water partition coefficient (Wildman–Crippen LogP) is 2.18. The van der Waals surface area contributed by atoms with Gasteiger partial charge < -0.3 is 9.47 Å². The van der Waals surface area contributed by atoms with E-state index in [9.17, 15) is 16.8 Å². The van der Waals surface area contributed by atoms with Crippen molar-refractivity contribution in [1.82, 2.24) is 19.3 Å². The van der Waals surface area contributed by atoms with Crippen LogP contribution in [0.1, 0.15) is 18.5 Å². The van der Waals surface area contributed by atoms with Gasteiger partial charge in [0.25, 0.3) is 0 Å². The van der Waals surface area contributed by atoms with Crippen LogP contribution in [-0.2, 0) is 20.0 Å². The maximum Gasteiger partial charge on any atom is 0.238 e. The molecule has 188 valence electrons. The zero-order valence-corrected chi connectivity index (χ0v) is 21.5. The average molecular weight is 522 g/mol. The molecular weight excluding hydrogens is 494 g/mol. The number of anilines is 1. The zero-order chi connectivity index (χ0) is 25.4. The van der Waals surface area contributed by atoms with E-state index in [4.69, 9.17) is 9.47 Å². The zero-order valence-electron chi connectivity index (χ0n) is 19.8. The quantitative estimate of drug-likeness (QED) is 0.495. The first-order chi connectivity index (χ1) is 16.4. The maximum absolute atomic E-state index is 11.8. The van der Waals surface area contributed by atoms with Gasteiger partial charge in [0.1, 0.15) is 29.4 Å². The lowest BCUT2D eigenvalue weighted by atomic mass is 10.0. The van der Waals surface area contributed by atoms with Crippen molar-refractivity contribution >= 4 is 36.6 Å². The van der Waals surface area contributed by atoms with Crippen molar-refractivity contribution in [2.75, 3.05) is 37.4 Å². The summed E-state index contributed by atoms with van der Waals surface area (Å²) in [5.74, 6) is 0.683. The molecule has 1 aliphatic rings. The van der Waals surface area contributed by atoms with Crippen LogP contribution in [0, 0.1) is 6.92 Å². The van der Waals surface area contributed by atoms with Crippen molar-refractivity contribution in [3.8, 4) is 22.8 Å². The van der Waals surface area contributed by atoms with Gasteiger partial charge in [-0.25, -0.2) is 36.1 Å². The summed E-state index contributed by atoms with van der Waals surface area (Å²) in [4.78, 5) is 13.0. The Balaban J connectivity index is 1.73. The molecule has 0 radical (unpaired) electrons. The van der Waals surface area contributed by atoms with Crippen molar-refractivity contribution < 1.29 is 26.3 Å². The van der Waals surface area contributed by atoms with Gasteiger partial charge in [-0.15, -0.1) is 0 Å². The van der Waals surface area contributed by atoms with E-state index in [0.717, 1.165) is 22.9 Å². The van der Waals surface area contributed by atoms with Gasteiger partial charge in [-0.2, -0.15) is 0 Å². The standard InChI is InChI=1S/C22H27N5O6S2/c1-14-18-9-15(16-10-19(26-34(3,28)29)22(32-2)23-12-16)11-20(21(18)25-13-24-14)33-17-5-7-27(8-6-17)35(4,30)31/h9-13,17,26H,5-8H2,1-4H3. The van der Waals surface area contributed by atoms with Gasteiger partial charge in [0.05, 0.1) is 19.6 Å². The Morgan fingerprint density at radius 2 is 1.71 bits per heavy atom. The van der Waals surface area contributed by atoms with Crippen LogP contribution in [0.2, 0.25) is 0 Å². The largest absolute Gasteiger partial charge is 0.488 e. The Labute approximate surface area is 204 Å². The first-order valence-corrected chi connectivity index (χ1v) is 14.6. The van der Waals surface area contributed by atoms with Crippen LogP contribution in [0.5, 0.6) is 11.6 Å². The van der Waals surface area contributed by atoms with E-state index in [0.29, 0.717) is 42.8 Å². The van der Waals surface area contributed by atoms with Crippen LogP contribution in [0.3, 0.4) is 0 Å². The van der Waals surface area contributed by atoms with Gasteiger partial charge in [0, 0.05) is 35.9 Å². The second kappa shape index (κ2) is 9.55. The summed E-state index contributed by atoms with van der Waals surface area (Å²) in [7, 11) is -5.38. The molecule has 0 unspecified atom stereocenters. The average Bonchev–Trinajstić information content (AvgIpc) is 2.78. The second-order valence-electron chi connectivity index (χ2n) is 8.46. The molecule has 0 saturated carbocycles. The van der Waals surface area contributed by atoms with Crippen LogP contribution < -0.4 is 14.2 Å². The Bertz CT molecular complexity index is 1470. The van der Waals surface area contributed by atoms with Crippen LogP contribution in [0.4, 0.5) is 5.69 Å². The molecule has 1 fully saturated rings. The summed E-state index contributed by atoms with van der Waals surface area (Å²) in [5, 5.41) is 0.780. The maximum atomic E-state index is 11.8. The molecule has 4 rings (SSSR count). The third-order valence-corrected chi connectivity index (χ3v) is 7.63. The van der Waals surface area contributed by atoms with E-state index in [1.807, 2.05) is 19.1 Å². The summed E-state index contributed by atoms with van der Waals surface area (Å²) >= 11 is 0. The number of fused-ring (bicyclic) bond motifs is 1. The van der Waals surface area contributed by atoms with Crippen LogP contribution in [0.15, 0.2) is 30.7 Å². The van der Waals surface area contributed by atoms with E-state index in [-0.39, 0.29) is 17.7 Å². The fraction of sp³-hybridized carbons (Fsp3) is 0.409. The highest BCUT2D eigenvalue weighted by Gasteiger charge is 2.27. The Morgan fingerprint density at radius 1 is 1.00 bits per heavy atom. The van der Waals surface area contributed by atoms with Crippen molar-refractivity contribution in [3.05, 3.63) is 36.4 Å². The van der Waals surface area contributed by atoms with Gasteiger partial charge in [-0.05, 0) is 43.5 Å². The highest BCUT2D eigenvalue weighted by atomic mass is 32.2. The number of nitrogens with zero attached hydrogens (tertiary/aromatic N) is 4. The Morgan fingerprint density at radius 3 is 2.34 bits per heavy atom. The molecule has 1 saturated heterocycles. The number of hydrogen-bond donors (Lipinski definition) is 1. The molecule has 2 aromatic heterocycles. The third kappa shape index (κ3) is 5.80. The molecule has 0 amide bonds. The van der Waals surface area contributed by atoms with Gasteiger partial charge >= 0.3 is 0 Å². The minimum absolute atomic E-state index is 0.147. The van der Waals surface area contributed by atoms with Crippen molar-refractivity contribution in [1.29, 1.82) is 0 Å². The Hall–Kier alpha value is -3.03. The van der Waals surface area contributed by atoms with Crippen molar-refractivity contribution in [2.24, 2.45) is 0 Å². The highest BCUT2D eigenvalue weighted by molar-refractivity contribution is 7.92. The molecule has 0 atom stereocenters. The lowest BCUT2D eigenvalue weighted by Crippen LogP contribution is -2.41. The fourth-order valence-electron chi connectivity index (χ4n) is 4.02. The minimum Gasteiger partial charge on any atom is -0.488 e. The lowest BCUT2D eigenvalue weighted by Gasteiger charge is -2.30. The first-order valence-electron chi connectivity index (χ1n) is 10.8. The molecule has 1 N–H and O–H groups in total. The van der Waals surface area contributed by atoms with Gasteiger partial charge in [-0.1, -0.05) is 0 Å². The summed E-state index contributed by atoms with van der Waals surface area (Å²) in [6.45, 7) is 2.64. The molecule has 0 aliphatic carbocycles. The molecule has 3 heterocycles.